The molecule has 1 aliphatic heterocycles. The Morgan fingerprint density at radius 1 is 1.75 bits per heavy atom. The van der Waals surface area contributed by atoms with E-state index in [2.05, 4.69) is 10.3 Å². The van der Waals surface area contributed by atoms with Crippen molar-refractivity contribution in [2.45, 2.75) is 13.3 Å². The molecule has 0 radical (unpaired) electrons. The minimum Gasteiger partial charge on any atom is -0.476 e. The molecular weight excluding hydrogens is 228 g/mol. The van der Waals surface area contributed by atoms with Gasteiger partial charge in [-0.15, -0.1) is 11.3 Å². The van der Waals surface area contributed by atoms with Crippen LogP contribution >= 0.6 is 11.3 Å². The Morgan fingerprint density at radius 3 is 3.12 bits per heavy atom. The second-order valence-corrected chi connectivity index (χ2v) is 5.04. The maximum absolute atomic E-state index is 10.8. The van der Waals surface area contributed by atoms with Crippen LogP contribution in [-0.4, -0.2) is 35.8 Å². The second kappa shape index (κ2) is 4.80. The van der Waals surface area contributed by atoms with Gasteiger partial charge in [-0.1, -0.05) is 0 Å². The third-order valence-electron chi connectivity index (χ3n) is 2.57. The summed E-state index contributed by atoms with van der Waals surface area (Å²) in [4.78, 5) is 15.6. The number of hydrogen-bond acceptors (Lipinski definition) is 5. The van der Waals surface area contributed by atoms with Crippen molar-refractivity contribution in [3.05, 3.63) is 10.6 Å². The summed E-state index contributed by atoms with van der Waals surface area (Å²) in [5, 5.41) is 12.7. The van der Waals surface area contributed by atoms with Crippen LogP contribution in [0.3, 0.4) is 0 Å². The lowest BCUT2D eigenvalue weighted by molar-refractivity contribution is 0.0690. The highest BCUT2D eigenvalue weighted by molar-refractivity contribution is 7.15. The maximum atomic E-state index is 10.8. The van der Waals surface area contributed by atoms with E-state index < -0.39 is 5.97 Å². The average Bonchev–Trinajstić information content (AvgIpc) is 2.83. The number of nitrogens with one attached hydrogen (secondary N) is 1. The number of nitrogens with zero attached hydrogens (tertiary/aromatic N) is 1. The highest BCUT2D eigenvalue weighted by atomic mass is 32.1. The van der Waals surface area contributed by atoms with Crippen molar-refractivity contribution in [3.8, 4) is 0 Å². The molecule has 1 fully saturated rings. The zero-order valence-electron chi connectivity index (χ0n) is 9.02. The zero-order chi connectivity index (χ0) is 11.5. The molecule has 2 N–H and O–H groups in total. The molecule has 1 unspecified atom stereocenters. The topological polar surface area (TPSA) is 71.5 Å². The van der Waals surface area contributed by atoms with Crippen LogP contribution in [0.4, 0.5) is 5.13 Å². The Kier molecular flexibility index (Phi) is 3.40. The Morgan fingerprint density at radius 2 is 2.56 bits per heavy atom. The van der Waals surface area contributed by atoms with Crippen LogP contribution < -0.4 is 5.32 Å². The number of carboxylic acids is 1. The van der Waals surface area contributed by atoms with Gasteiger partial charge in [-0.3, -0.25) is 0 Å². The van der Waals surface area contributed by atoms with Gasteiger partial charge in [0.05, 0.1) is 6.61 Å². The number of carbonyl (C=O) groups is 1. The van der Waals surface area contributed by atoms with E-state index in [0.717, 1.165) is 31.1 Å². The number of aryl methyl sites for hydroxylation is 1. The molecule has 1 aliphatic rings. The average molecular weight is 242 g/mol. The van der Waals surface area contributed by atoms with Crippen LogP contribution in [0.15, 0.2) is 0 Å². The minimum atomic E-state index is -0.967. The van der Waals surface area contributed by atoms with Crippen molar-refractivity contribution < 1.29 is 14.6 Å². The first-order valence-electron chi connectivity index (χ1n) is 5.19. The summed E-state index contributed by atoms with van der Waals surface area (Å²) < 4.78 is 5.26. The van der Waals surface area contributed by atoms with E-state index in [0.29, 0.717) is 11.0 Å². The number of aromatic nitrogens is 1. The van der Waals surface area contributed by atoms with Crippen molar-refractivity contribution in [3.63, 3.8) is 0 Å². The van der Waals surface area contributed by atoms with Gasteiger partial charge in [-0.25, -0.2) is 9.78 Å². The molecule has 1 aromatic rings. The number of anilines is 1. The fourth-order valence-corrected chi connectivity index (χ4v) is 2.46. The highest BCUT2D eigenvalue weighted by Crippen LogP contribution is 2.23. The number of aromatic carboxylic acids is 1. The molecule has 1 atom stereocenters. The Balaban J connectivity index is 1.94. The van der Waals surface area contributed by atoms with E-state index in [1.807, 2.05) is 0 Å². The summed E-state index contributed by atoms with van der Waals surface area (Å²) in [5.41, 5.74) is 0.148. The molecule has 2 heterocycles. The van der Waals surface area contributed by atoms with Crippen LogP contribution in [0.2, 0.25) is 0 Å². The Labute approximate surface area is 97.5 Å². The minimum absolute atomic E-state index is 0.148. The molecule has 6 heteroatoms. The van der Waals surface area contributed by atoms with Crippen LogP contribution in [0, 0.1) is 12.8 Å². The number of hydrogen-bond donors (Lipinski definition) is 2. The molecular formula is C10H14N2O3S. The van der Waals surface area contributed by atoms with E-state index in [4.69, 9.17) is 9.84 Å². The predicted octanol–water partition coefficient (Wildman–Crippen LogP) is 1.60. The van der Waals surface area contributed by atoms with Gasteiger partial charge in [0.2, 0.25) is 0 Å². The summed E-state index contributed by atoms with van der Waals surface area (Å²) in [6, 6.07) is 0. The van der Waals surface area contributed by atoms with E-state index >= 15 is 0 Å². The van der Waals surface area contributed by atoms with Crippen molar-refractivity contribution in [1.29, 1.82) is 0 Å². The van der Waals surface area contributed by atoms with Gasteiger partial charge < -0.3 is 15.2 Å². The summed E-state index contributed by atoms with van der Waals surface area (Å²) in [5.74, 6) is -0.455. The van der Waals surface area contributed by atoms with E-state index in [1.54, 1.807) is 6.92 Å². The molecule has 0 amide bonds. The van der Waals surface area contributed by atoms with Crippen molar-refractivity contribution in [1.82, 2.24) is 4.98 Å². The lowest BCUT2D eigenvalue weighted by Gasteiger charge is -2.07. The molecule has 1 aromatic heterocycles. The van der Waals surface area contributed by atoms with Crippen LogP contribution in [0.5, 0.6) is 0 Å². The predicted molar refractivity (Wildman–Crippen MR) is 61.2 cm³/mol. The second-order valence-electron chi connectivity index (χ2n) is 3.84. The zero-order valence-corrected chi connectivity index (χ0v) is 9.84. The fraction of sp³-hybridized carbons (Fsp3) is 0.600. The molecule has 2 rings (SSSR count). The molecule has 0 bridgehead atoms. The standard InChI is InChI=1S/C10H14N2O3S/c1-6-8(9(13)14)12-10(16-6)11-4-7-2-3-15-5-7/h7H,2-5H2,1H3,(H,11,12)(H,13,14). The van der Waals surface area contributed by atoms with Crippen molar-refractivity contribution >= 4 is 22.4 Å². The molecule has 16 heavy (non-hydrogen) atoms. The van der Waals surface area contributed by atoms with Gasteiger partial charge in [-0.05, 0) is 13.3 Å². The van der Waals surface area contributed by atoms with E-state index in [9.17, 15) is 4.79 Å². The third kappa shape index (κ3) is 2.51. The third-order valence-corrected chi connectivity index (χ3v) is 3.49. The van der Waals surface area contributed by atoms with Crippen LogP contribution in [-0.2, 0) is 4.74 Å². The van der Waals surface area contributed by atoms with E-state index in [1.165, 1.54) is 11.3 Å². The monoisotopic (exact) mass is 242 g/mol. The first-order chi connectivity index (χ1) is 7.66. The summed E-state index contributed by atoms with van der Waals surface area (Å²) in [6.45, 7) is 4.17. The molecule has 88 valence electrons. The molecule has 0 saturated carbocycles. The number of thiazole rings is 1. The number of carboxylic acid groups (broad SMARTS) is 1. The van der Waals surface area contributed by atoms with Gasteiger partial charge in [0.1, 0.15) is 0 Å². The van der Waals surface area contributed by atoms with Crippen LogP contribution in [0.25, 0.3) is 0 Å². The number of ether oxygens (including phenoxy) is 1. The molecule has 0 spiro atoms. The highest BCUT2D eigenvalue weighted by Gasteiger charge is 2.17. The van der Waals surface area contributed by atoms with Gasteiger partial charge in [0.25, 0.3) is 0 Å². The van der Waals surface area contributed by atoms with Gasteiger partial charge in [-0.2, -0.15) is 0 Å². The van der Waals surface area contributed by atoms with Gasteiger partial charge >= 0.3 is 5.97 Å². The summed E-state index contributed by atoms with van der Waals surface area (Å²) in [7, 11) is 0. The van der Waals surface area contributed by atoms with Gasteiger partial charge in [0.15, 0.2) is 10.8 Å². The molecule has 5 nitrogen and oxygen atoms in total. The normalized spacial score (nSPS) is 19.9. The maximum Gasteiger partial charge on any atom is 0.355 e. The molecule has 0 aromatic carbocycles. The molecule has 0 aliphatic carbocycles. The van der Waals surface area contributed by atoms with E-state index in [-0.39, 0.29) is 5.69 Å². The van der Waals surface area contributed by atoms with Gasteiger partial charge in [0, 0.05) is 23.9 Å². The quantitative estimate of drug-likeness (QED) is 0.839. The smallest absolute Gasteiger partial charge is 0.355 e. The fourth-order valence-electron chi connectivity index (χ4n) is 1.65. The van der Waals surface area contributed by atoms with Crippen molar-refractivity contribution in [2.75, 3.05) is 25.1 Å². The lowest BCUT2D eigenvalue weighted by atomic mass is 10.1. The Bertz CT molecular complexity index is 385. The summed E-state index contributed by atoms with van der Waals surface area (Å²) >= 11 is 1.38. The van der Waals surface area contributed by atoms with Crippen molar-refractivity contribution in [2.24, 2.45) is 5.92 Å². The number of rotatable bonds is 4. The largest absolute Gasteiger partial charge is 0.476 e. The van der Waals surface area contributed by atoms with Crippen LogP contribution in [0.1, 0.15) is 21.8 Å². The SMILES string of the molecule is Cc1sc(NCC2CCOC2)nc1C(=O)O. The first kappa shape index (κ1) is 11.3. The first-order valence-corrected chi connectivity index (χ1v) is 6.01. The Hall–Kier alpha value is -1.14. The summed E-state index contributed by atoms with van der Waals surface area (Å²) in [6.07, 6.45) is 1.06. The lowest BCUT2D eigenvalue weighted by Crippen LogP contribution is -2.14. The molecule has 1 saturated heterocycles.